The molecular formula is C10H18N2O2. The molecule has 80 valence electrons. The molecule has 1 aliphatic rings. The second-order valence-electron chi connectivity index (χ2n) is 3.67. The predicted octanol–water partition coefficient (Wildman–Crippen LogP) is 0.139. The van der Waals surface area contributed by atoms with Crippen molar-refractivity contribution >= 4 is 5.91 Å². The Morgan fingerprint density at radius 3 is 3.07 bits per heavy atom. The van der Waals surface area contributed by atoms with Crippen molar-refractivity contribution in [3.05, 3.63) is 11.6 Å². The Morgan fingerprint density at radius 2 is 2.50 bits per heavy atom. The first-order valence-electron chi connectivity index (χ1n) is 4.96. The first kappa shape index (κ1) is 11.2. The maximum absolute atomic E-state index is 10.9. The summed E-state index contributed by atoms with van der Waals surface area (Å²) in [6.45, 7) is 4.77. The first-order valence-corrected chi connectivity index (χ1v) is 4.96. The molecule has 0 aromatic heterocycles. The van der Waals surface area contributed by atoms with Crippen molar-refractivity contribution in [2.24, 2.45) is 0 Å². The minimum absolute atomic E-state index is 0.0254. The van der Waals surface area contributed by atoms with E-state index in [0.717, 1.165) is 6.54 Å². The Balaban J connectivity index is 2.34. The summed E-state index contributed by atoms with van der Waals surface area (Å²) in [6.07, 6.45) is 2.47. The Morgan fingerprint density at radius 1 is 1.79 bits per heavy atom. The molecule has 1 amide bonds. The van der Waals surface area contributed by atoms with Gasteiger partial charge in [0.05, 0.1) is 6.04 Å². The number of carbonyl (C=O) groups is 1. The van der Waals surface area contributed by atoms with Crippen LogP contribution in [0.15, 0.2) is 11.6 Å². The van der Waals surface area contributed by atoms with Crippen LogP contribution in [0.1, 0.15) is 26.7 Å². The highest BCUT2D eigenvalue weighted by Gasteiger charge is 2.25. The molecule has 0 aliphatic carbocycles. The van der Waals surface area contributed by atoms with E-state index in [1.165, 1.54) is 5.57 Å². The zero-order valence-electron chi connectivity index (χ0n) is 8.71. The Bertz CT molecular complexity index is 238. The summed E-state index contributed by atoms with van der Waals surface area (Å²) >= 11 is 0. The topological polar surface area (TPSA) is 61.4 Å². The molecule has 14 heavy (non-hydrogen) atoms. The maximum atomic E-state index is 10.9. The number of rotatable bonds is 3. The molecule has 0 radical (unpaired) electrons. The molecule has 0 aromatic rings. The van der Waals surface area contributed by atoms with E-state index in [9.17, 15) is 9.90 Å². The van der Waals surface area contributed by atoms with Crippen LogP contribution in [0.25, 0.3) is 0 Å². The highest BCUT2D eigenvalue weighted by Crippen LogP contribution is 2.07. The third kappa shape index (κ3) is 3.12. The zero-order valence-corrected chi connectivity index (χ0v) is 8.71. The lowest BCUT2D eigenvalue weighted by atomic mass is 10.0. The molecular weight excluding hydrogens is 180 g/mol. The molecule has 3 N–H and O–H groups in total. The molecule has 1 fully saturated rings. The molecule has 0 spiro atoms. The average Bonchev–Trinajstić information content (AvgIpc) is 2.16. The number of amides is 1. The van der Waals surface area contributed by atoms with E-state index >= 15 is 0 Å². The van der Waals surface area contributed by atoms with Gasteiger partial charge in [0, 0.05) is 13.0 Å². The average molecular weight is 198 g/mol. The standard InChI is InChI=1S/C10H18N2O2/c1-3-7(2)6-11-8-4-5-9(13)12-10(8)14/h3,8,10-11,14H,4-6H2,1-2H3,(H,12,13)/b7-3+. The SMILES string of the molecule is C/C=C(\C)CNC1CCC(=O)NC1O. The Hall–Kier alpha value is -0.870. The molecule has 4 heteroatoms. The van der Waals surface area contributed by atoms with Crippen molar-refractivity contribution in [1.29, 1.82) is 0 Å². The maximum Gasteiger partial charge on any atom is 0.222 e. The zero-order chi connectivity index (χ0) is 10.6. The van der Waals surface area contributed by atoms with E-state index in [1.807, 2.05) is 19.9 Å². The van der Waals surface area contributed by atoms with Crippen LogP contribution in [0.2, 0.25) is 0 Å². The van der Waals surface area contributed by atoms with Gasteiger partial charge in [-0.15, -0.1) is 0 Å². The Kier molecular flexibility index (Phi) is 4.10. The van der Waals surface area contributed by atoms with Crippen LogP contribution in [0.3, 0.4) is 0 Å². The highest BCUT2D eigenvalue weighted by atomic mass is 16.3. The lowest BCUT2D eigenvalue weighted by Gasteiger charge is -2.29. The van der Waals surface area contributed by atoms with E-state index < -0.39 is 6.23 Å². The number of allylic oxidation sites excluding steroid dienone is 1. The van der Waals surface area contributed by atoms with Crippen molar-refractivity contribution in [2.45, 2.75) is 39.0 Å². The molecule has 1 aliphatic heterocycles. The van der Waals surface area contributed by atoms with Crippen LogP contribution in [-0.4, -0.2) is 29.8 Å². The van der Waals surface area contributed by atoms with E-state index in [1.54, 1.807) is 0 Å². The number of carbonyl (C=O) groups excluding carboxylic acids is 1. The van der Waals surface area contributed by atoms with Crippen LogP contribution in [0, 0.1) is 0 Å². The third-order valence-electron chi connectivity index (χ3n) is 2.51. The van der Waals surface area contributed by atoms with Gasteiger partial charge >= 0.3 is 0 Å². The fourth-order valence-electron chi connectivity index (χ4n) is 1.39. The molecule has 0 aromatic carbocycles. The fraction of sp³-hybridized carbons (Fsp3) is 0.700. The molecule has 1 rings (SSSR count). The van der Waals surface area contributed by atoms with Gasteiger partial charge in [-0.1, -0.05) is 11.6 Å². The first-order chi connectivity index (χ1) is 6.63. The van der Waals surface area contributed by atoms with Crippen LogP contribution >= 0.6 is 0 Å². The predicted molar refractivity (Wildman–Crippen MR) is 54.6 cm³/mol. The number of nitrogens with one attached hydrogen (secondary N) is 2. The number of piperidine rings is 1. The molecule has 0 saturated carbocycles. The van der Waals surface area contributed by atoms with E-state index in [4.69, 9.17) is 0 Å². The summed E-state index contributed by atoms with van der Waals surface area (Å²) in [6, 6.07) is -0.0254. The molecule has 1 saturated heterocycles. The monoisotopic (exact) mass is 198 g/mol. The van der Waals surface area contributed by atoms with Gasteiger partial charge in [-0.25, -0.2) is 0 Å². The van der Waals surface area contributed by atoms with Crippen LogP contribution in [0.4, 0.5) is 0 Å². The molecule has 1 heterocycles. The minimum Gasteiger partial charge on any atom is -0.372 e. The summed E-state index contributed by atoms with van der Waals surface area (Å²) in [7, 11) is 0. The number of aliphatic hydroxyl groups is 1. The lowest BCUT2D eigenvalue weighted by molar-refractivity contribution is -0.127. The van der Waals surface area contributed by atoms with Crippen LogP contribution in [0.5, 0.6) is 0 Å². The van der Waals surface area contributed by atoms with Crippen LogP contribution < -0.4 is 10.6 Å². The summed E-state index contributed by atoms with van der Waals surface area (Å²) in [5.41, 5.74) is 1.23. The fourth-order valence-corrected chi connectivity index (χ4v) is 1.39. The summed E-state index contributed by atoms with van der Waals surface area (Å²) in [5, 5.41) is 15.2. The van der Waals surface area contributed by atoms with E-state index in [0.29, 0.717) is 12.8 Å². The van der Waals surface area contributed by atoms with Gasteiger partial charge < -0.3 is 15.7 Å². The van der Waals surface area contributed by atoms with Gasteiger partial charge in [0.1, 0.15) is 6.23 Å². The van der Waals surface area contributed by atoms with Crippen molar-refractivity contribution in [3.63, 3.8) is 0 Å². The van der Waals surface area contributed by atoms with Gasteiger partial charge in [0.25, 0.3) is 0 Å². The number of hydrogen-bond acceptors (Lipinski definition) is 3. The second-order valence-corrected chi connectivity index (χ2v) is 3.67. The normalized spacial score (nSPS) is 28.8. The van der Waals surface area contributed by atoms with Crippen LogP contribution in [-0.2, 0) is 4.79 Å². The molecule has 2 unspecified atom stereocenters. The smallest absolute Gasteiger partial charge is 0.222 e. The van der Waals surface area contributed by atoms with Crippen molar-refractivity contribution in [3.8, 4) is 0 Å². The summed E-state index contributed by atoms with van der Waals surface area (Å²) in [5.74, 6) is -0.0710. The molecule has 0 bridgehead atoms. The highest BCUT2D eigenvalue weighted by molar-refractivity contribution is 5.77. The van der Waals surface area contributed by atoms with Crippen molar-refractivity contribution in [1.82, 2.24) is 10.6 Å². The lowest BCUT2D eigenvalue weighted by Crippen LogP contribution is -2.54. The Labute approximate surface area is 84.4 Å². The van der Waals surface area contributed by atoms with E-state index in [2.05, 4.69) is 10.6 Å². The van der Waals surface area contributed by atoms with Gasteiger partial charge in [-0.3, -0.25) is 4.79 Å². The molecule has 4 nitrogen and oxygen atoms in total. The number of hydrogen-bond donors (Lipinski definition) is 3. The minimum atomic E-state index is -0.749. The van der Waals surface area contributed by atoms with Crippen molar-refractivity contribution < 1.29 is 9.90 Å². The van der Waals surface area contributed by atoms with Gasteiger partial charge in [0.15, 0.2) is 0 Å². The number of aliphatic hydroxyl groups excluding tert-OH is 1. The van der Waals surface area contributed by atoms with Gasteiger partial charge in [-0.2, -0.15) is 0 Å². The van der Waals surface area contributed by atoms with Crippen molar-refractivity contribution in [2.75, 3.05) is 6.54 Å². The summed E-state index contributed by atoms with van der Waals surface area (Å²) < 4.78 is 0. The second kappa shape index (κ2) is 5.12. The summed E-state index contributed by atoms with van der Waals surface area (Å²) in [4.78, 5) is 10.9. The third-order valence-corrected chi connectivity index (χ3v) is 2.51. The van der Waals surface area contributed by atoms with Gasteiger partial charge in [0.2, 0.25) is 5.91 Å². The van der Waals surface area contributed by atoms with Gasteiger partial charge in [-0.05, 0) is 20.3 Å². The largest absolute Gasteiger partial charge is 0.372 e. The quantitative estimate of drug-likeness (QED) is 0.565. The van der Waals surface area contributed by atoms with E-state index in [-0.39, 0.29) is 11.9 Å². The molecule has 2 atom stereocenters.